The molecule has 2 amide bonds. The van der Waals surface area contributed by atoms with Crippen LogP contribution in [0.3, 0.4) is 0 Å². The monoisotopic (exact) mass is 555 g/mol. The van der Waals surface area contributed by atoms with Crippen LogP contribution in [-0.4, -0.2) is 44.6 Å². The Morgan fingerprint density at radius 3 is 2.44 bits per heavy atom. The van der Waals surface area contributed by atoms with Crippen molar-refractivity contribution in [3.8, 4) is 17.6 Å². The van der Waals surface area contributed by atoms with Gasteiger partial charge >= 0.3 is 0 Å². The molecule has 0 aliphatic carbocycles. The number of carbonyl (C=O) groups is 2. The number of ether oxygens (including phenoxy) is 1. The summed E-state index contributed by atoms with van der Waals surface area (Å²) in [6, 6.07) is 9.38. The van der Waals surface area contributed by atoms with Crippen molar-refractivity contribution in [2.24, 2.45) is 0 Å². The van der Waals surface area contributed by atoms with Crippen LogP contribution in [-0.2, 0) is 26.0 Å². The molecule has 4 N–H and O–H groups in total. The number of hydrogen-bond acceptors (Lipinski definition) is 6. The average Bonchev–Trinajstić information content (AvgIpc) is 2.85. The van der Waals surface area contributed by atoms with E-state index in [9.17, 15) is 18.0 Å². The normalized spacial score (nSPS) is 11.7. The van der Waals surface area contributed by atoms with Gasteiger partial charge in [-0.05, 0) is 68.1 Å². The zero-order valence-corrected chi connectivity index (χ0v) is 21.8. The Hall–Kier alpha value is -2.81. The Labute approximate surface area is 220 Å². The van der Waals surface area contributed by atoms with Gasteiger partial charge in [-0.3, -0.25) is 14.8 Å². The average molecular weight is 556 g/mol. The molecule has 0 aliphatic heterocycles. The molecular formula is C24H27Cl2N3O6S. The lowest BCUT2D eigenvalue weighted by Gasteiger charge is -2.17. The molecule has 194 valence electrons. The predicted octanol–water partition coefficient (Wildman–Crippen LogP) is 3.08. The highest BCUT2D eigenvalue weighted by Gasteiger charge is 2.25. The summed E-state index contributed by atoms with van der Waals surface area (Å²) in [6.07, 6.45) is 1.11. The molecule has 2 aromatic rings. The van der Waals surface area contributed by atoms with Crippen molar-refractivity contribution >= 4 is 45.0 Å². The maximum absolute atomic E-state index is 12.7. The van der Waals surface area contributed by atoms with E-state index in [4.69, 9.17) is 33.1 Å². The third-order valence-corrected chi connectivity index (χ3v) is 7.16. The first-order chi connectivity index (χ1) is 17.2. The summed E-state index contributed by atoms with van der Waals surface area (Å²) in [5, 5.41) is 12.6. The molecule has 36 heavy (non-hydrogen) atoms. The van der Waals surface area contributed by atoms with E-state index in [1.54, 1.807) is 25.1 Å². The summed E-state index contributed by atoms with van der Waals surface area (Å²) < 4.78 is 33.1. The third-order valence-electron chi connectivity index (χ3n) is 4.94. The van der Waals surface area contributed by atoms with Gasteiger partial charge in [0.1, 0.15) is 18.4 Å². The van der Waals surface area contributed by atoms with E-state index in [0.29, 0.717) is 40.7 Å². The fourth-order valence-corrected chi connectivity index (χ4v) is 4.63. The van der Waals surface area contributed by atoms with Crippen LogP contribution >= 0.6 is 23.2 Å². The van der Waals surface area contributed by atoms with E-state index < -0.39 is 22.0 Å². The quantitative estimate of drug-likeness (QED) is 0.130. The number of hydroxylamine groups is 1. The van der Waals surface area contributed by atoms with E-state index in [1.165, 1.54) is 29.7 Å². The molecule has 1 unspecified atom stereocenters. The zero-order valence-electron chi connectivity index (χ0n) is 19.5. The molecule has 1 atom stereocenters. The van der Waals surface area contributed by atoms with Gasteiger partial charge in [0, 0.05) is 6.54 Å². The number of sulfonamides is 1. The van der Waals surface area contributed by atoms with E-state index in [2.05, 4.69) is 21.9 Å². The van der Waals surface area contributed by atoms with Crippen LogP contribution < -0.4 is 20.3 Å². The van der Waals surface area contributed by atoms with Gasteiger partial charge in [0.05, 0.1) is 21.4 Å². The number of amides is 2. The largest absolute Gasteiger partial charge is 0.481 e. The van der Waals surface area contributed by atoms with Gasteiger partial charge < -0.3 is 10.1 Å². The smallest absolute Gasteiger partial charge is 0.261 e. The summed E-state index contributed by atoms with van der Waals surface area (Å²) in [6.45, 7) is 2.18. The second-order valence-electron chi connectivity index (χ2n) is 7.61. The maximum atomic E-state index is 12.7. The molecule has 9 nitrogen and oxygen atoms in total. The summed E-state index contributed by atoms with van der Waals surface area (Å²) in [4.78, 5) is 24.1. The SMILES string of the molecule is CC#CCOc1ccc(S(=O)(=O)NC(CCCCNC(=O)Cc2ccc(Cl)c(Cl)c2)C(=O)NO)cc1. The molecule has 0 radical (unpaired) electrons. The van der Waals surface area contributed by atoms with Crippen molar-refractivity contribution in [1.82, 2.24) is 15.5 Å². The fraction of sp³-hybridized carbons (Fsp3) is 0.333. The van der Waals surface area contributed by atoms with Crippen LogP contribution in [0.5, 0.6) is 5.75 Å². The van der Waals surface area contributed by atoms with E-state index in [0.717, 1.165) is 0 Å². The van der Waals surface area contributed by atoms with Gasteiger partial charge in [0.2, 0.25) is 15.9 Å². The second kappa shape index (κ2) is 14.7. The Kier molecular flexibility index (Phi) is 12.0. The lowest BCUT2D eigenvalue weighted by molar-refractivity contribution is -0.131. The fourth-order valence-electron chi connectivity index (χ4n) is 3.08. The summed E-state index contributed by atoms with van der Waals surface area (Å²) >= 11 is 11.8. The van der Waals surface area contributed by atoms with Crippen LogP contribution in [0.4, 0.5) is 0 Å². The molecule has 0 bridgehead atoms. The minimum Gasteiger partial charge on any atom is -0.481 e. The number of hydrogen-bond donors (Lipinski definition) is 4. The number of unbranched alkanes of at least 4 members (excludes halogenated alkanes) is 1. The van der Waals surface area contributed by atoms with Crippen LogP contribution in [0.25, 0.3) is 0 Å². The van der Waals surface area contributed by atoms with E-state index in [-0.39, 0.29) is 30.3 Å². The van der Waals surface area contributed by atoms with Gasteiger partial charge in [-0.25, -0.2) is 13.9 Å². The number of rotatable bonds is 13. The number of nitrogens with one attached hydrogen (secondary N) is 3. The Bertz CT molecular complexity index is 1210. The third kappa shape index (κ3) is 9.68. The maximum Gasteiger partial charge on any atom is 0.261 e. The highest BCUT2D eigenvalue weighted by molar-refractivity contribution is 7.89. The molecule has 0 spiro atoms. The van der Waals surface area contributed by atoms with E-state index in [1.807, 2.05) is 0 Å². The van der Waals surface area contributed by atoms with Crippen molar-refractivity contribution in [1.29, 1.82) is 0 Å². The molecule has 0 fully saturated rings. The van der Waals surface area contributed by atoms with E-state index >= 15 is 0 Å². The molecular weight excluding hydrogens is 529 g/mol. The molecule has 2 rings (SSSR count). The molecule has 0 saturated heterocycles. The van der Waals surface area contributed by atoms with Gasteiger partial charge in [0.25, 0.3) is 5.91 Å². The standard InChI is InChI=1S/C24H27Cl2N3O6S/c1-2-3-14-35-18-8-10-19(11-9-18)36(33,34)29-22(24(31)28-32)6-4-5-13-27-23(30)16-17-7-12-20(25)21(26)15-17/h7-12,15,22,29,32H,4-6,13-14,16H2,1H3,(H,27,30)(H,28,31). The van der Waals surface area contributed by atoms with Gasteiger partial charge in [-0.15, -0.1) is 5.92 Å². The Morgan fingerprint density at radius 1 is 1.08 bits per heavy atom. The Balaban J connectivity index is 1.84. The summed E-state index contributed by atoms with van der Waals surface area (Å²) in [7, 11) is -4.05. The number of halogens is 2. The lowest BCUT2D eigenvalue weighted by Crippen LogP contribution is -2.45. The van der Waals surface area contributed by atoms with Crippen molar-refractivity contribution in [3.05, 3.63) is 58.1 Å². The first-order valence-electron chi connectivity index (χ1n) is 11.0. The van der Waals surface area contributed by atoms with Crippen LogP contribution in [0.2, 0.25) is 10.0 Å². The zero-order chi connectivity index (χ0) is 26.6. The van der Waals surface area contributed by atoms with Crippen LogP contribution in [0.15, 0.2) is 47.4 Å². The van der Waals surface area contributed by atoms with Crippen LogP contribution in [0.1, 0.15) is 31.7 Å². The van der Waals surface area contributed by atoms with Crippen molar-refractivity contribution in [2.75, 3.05) is 13.2 Å². The molecule has 2 aromatic carbocycles. The molecule has 12 heteroatoms. The minimum atomic E-state index is -4.05. The summed E-state index contributed by atoms with van der Waals surface area (Å²) in [5.74, 6) is 4.76. The van der Waals surface area contributed by atoms with Crippen LogP contribution in [0, 0.1) is 11.8 Å². The second-order valence-corrected chi connectivity index (χ2v) is 10.1. The first kappa shape index (κ1) is 29.4. The van der Waals surface area contributed by atoms with Gasteiger partial charge in [0.15, 0.2) is 0 Å². The highest BCUT2D eigenvalue weighted by Crippen LogP contribution is 2.22. The number of carbonyl (C=O) groups excluding carboxylic acids is 2. The topological polar surface area (TPSA) is 134 Å². The number of benzene rings is 2. The lowest BCUT2D eigenvalue weighted by atomic mass is 10.1. The van der Waals surface area contributed by atoms with Gasteiger partial charge in [-0.2, -0.15) is 4.72 Å². The predicted molar refractivity (Wildman–Crippen MR) is 136 cm³/mol. The summed E-state index contributed by atoms with van der Waals surface area (Å²) in [5.41, 5.74) is 2.20. The molecule has 0 aromatic heterocycles. The highest BCUT2D eigenvalue weighted by atomic mass is 35.5. The van der Waals surface area contributed by atoms with Crippen molar-refractivity contribution in [3.63, 3.8) is 0 Å². The molecule has 0 heterocycles. The molecule has 0 aliphatic rings. The van der Waals surface area contributed by atoms with Crippen molar-refractivity contribution < 1.29 is 28.0 Å². The van der Waals surface area contributed by atoms with Crippen molar-refractivity contribution in [2.45, 2.75) is 43.5 Å². The first-order valence-corrected chi connectivity index (χ1v) is 13.2. The Morgan fingerprint density at radius 2 is 1.81 bits per heavy atom. The minimum absolute atomic E-state index is 0.0678. The van der Waals surface area contributed by atoms with Gasteiger partial charge in [-0.1, -0.05) is 35.2 Å². The molecule has 0 saturated carbocycles.